The van der Waals surface area contributed by atoms with E-state index in [2.05, 4.69) is 21.9 Å². The van der Waals surface area contributed by atoms with E-state index in [1.807, 2.05) is 27.3 Å². The summed E-state index contributed by atoms with van der Waals surface area (Å²) in [4.78, 5) is 6.58. The third-order valence-corrected chi connectivity index (χ3v) is 4.29. The molecular weight excluding hydrogens is 360 g/mol. The van der Waals surface area contributed by atoms with E-state index >= 15 is 0 Å². The first-order valence-electron chi connectivity index (χ1n) is 6.13. The molecule has 0 amide bonds. The lowest BCUT2D eigenvalue weighted by molar-refractivity contribution is 0.290. The van der Waals surface area contributed by atoms with E-state index in [1.54, 1.807) is 6.07 Å². The maximum atomic E-state index is 13.8. The summed E-state index contributed by atoms with van der Waals surface area (Å²) < 4.78 is 16.1. The standard InChI is InChI=1S/C12H15FIN5/c1-17-2-4-18(5-3-17)19-11-6-8(13)9(14)7-10(11)16-12(19)15/h6-7H,2-5H2,1H3,(H2,15,16). The average molecular weight is 375 g/mol. The lowest BCUT2D eigenvalue weighted by Crippen LogP contribution is -2.50. The van der Waals surface area contributed by atoms with Gasteiger partial charge in [-0.05, 0) is 35.7 Å². The van der Waals surface area contributed by atoms with Crippen LogP contribution in [0.5, 0.6) is 0 Å². The van der Waals surface area contributed by atoms with Gasteiger partial charge in [-0.3, -0.25) is 0 Å². The number of nitrogens with two attached hydrogens (primary N) is 1. The molecule has 19 heavy (non-hydrogen) atoms. The monoisotopic (exact) mass is 375 g/mol. The molecule has 1 saturated heterocycles. The number of nitrogen functional groups attached to an aromatic ring is 1. The Morgan fingerprint density at radius 1 is 1.26 bits per heavy atom. The van der Waals surface area contributed by atoms with Crippen LogP contribution in [-0.4, -0.2) is 47.8 Å². The molecule has 0 aliphatic carbocycles. The number of anilines is 1. The van der Waals surface area contributed by atoms with Gasteiger partial charge in [0.05, 0.1) is 14.6 Å². The summed E-state index contributed by atoms with van der Waals surface area (Å²) >= 11 is 1.97. The van der Waals surface area contributed by atoms with E-state index in [1.165, 1.54) is 6.07 Å². The van der Waals surface area contributed by atoms with E-state index in [9.17, 15) is 4.39 Å². The van der Waals surface area contributed by atoms with Crippen molar-refractivity contribution in [3.05, 3.63) is 21.5 Å². The van der Waals surface area contributed by atoms with Crippen LogP contribution in [0.15, 0.2) is 12.1 Å². The van der Waals surface area contributed by atoms with Crippen LogP contribution < -0.4 is 10.7 Å². The van der Waals surface area contributed by atoms with Gasteiger partial charge >= 0.3 is 0 Å². The zero-order valence-corrected chi connectivity index (χ0v) is 12.8. The number of imidazole rings is 1. The average Bonchev–Trinajstić information content (AvgIpc) is 2.67. The number of rotatable bonds is 1. The Bertz CT molecular complexity index is 618. The highest BCUT2D eigenvalue weighted by atomic mass is 127. The zero-order valence-electron chi connectivity index (χ0n) is 10.6. The van der Waals surface area contributed by atoms with E-state index in [4.69, 9.17) is 5.73 Å². The second kappa shape index (κ2) is 4.78. The van der Waals surface area contributed by atoms with Gasteiger partial charge in [-0.2, -0.15) is 0 Å². The Labute approximate surface area is 124 Å². The minimum absolute atomic E-state index is 0.233. The second-order valence-corrected chi connectivity index (χ2v) is 5.96. The van der Waals surface area contributed by atoms with Crippen molar-refractivity contribution >= 4 is 39.6 Å². The molecule has 0 atom stereocenters. The lowest BCUT2D eigenvalue weighted by atomic mass is 10.3. The molecule has 1 aliphatic heterocycles. The molecular formula is C12H15FIN5. The van der Waals surface area contributed by atoms with Crippen LogP contribution in [0.3, 0.4) is 0 Å². The smallest absolute Gasteiger partial charge is 0.220 e. The molecule has 1 aromatic carbocycles. The summed E-state index contributed by atoms with van der Waals surface area (Å²) in [5, 5.41) is 2.12. The van der Waals surface area contributed by atoms with Gasteiger partial charge in [0.2, 0.25) is 5.95 Å². The molecule has 0 spiro atoms. The number of aromatic nitrogens is 2. The van der Waals surface area contributed by atoms with Crippen molar-refractivity contribution in [3.8, 4) is 0 Å². The van der Waals surface area contributed by atoms with Crippen LogP contribution >= 0.6 is 22.6 Å². The third kappa shape index (κ3) is 2.25. The predicted octanol–water partition coefficient (Wildman–Crippen LogP) is 1.25. The van der Waals surface area contributed by atoms with Crippen LogP contribution in [0.2, 0.25) is 0 Å². The molecule has 7 heteroatoms. The quantitative estimate of drug-likeness (QED) is 0.763. The van der Waals surface area contributed by atoms with Crippen LogP contribution in [0.1, 0.15) is 0 Å². The number of fused-ring (bicyclic) bond motifs is 1. The van der Waals surface area contributed by atoms with Gasteiger partial charge in [0.15, 0.2) is 0 Å². The molecule has 102 valence electrons. The highest BCUT2D eigenvalue weighted by Crippen LogP contribution is 2.23. The van der Waals surface area contributed by atoms with E-state index in [0.29, 0.717) is 9.52 Å². The molecule has 1 aromatic heterocycles. The van der Waals surface area contributed by atoms with Gasteiger partial charge in [0.1, 0.15) is 5.82 Å². The number of benzene rings is 1. The number of hydrogen-bond acceptors (Lipinski definition) is 4. The van der Waals surface area contributed by atoms with Gasteiger partial charge < -0.3 is 15.6 Å². The Morgan fingerprint density at radius 2 is 1.95 bits per heavy atom. The van der Waals surface area contributed by atoms with Crippen molar-refractivity contribution < 1.29 is 4.39 Å². The summed E-state index contributed by atoms with van der Waals surface area (Å²) in [7, 11) is 2.09. The fourth-order valence-corrected chi connectivity index (χ4v) is 2.82. The van der Waals surface area contributed by atoms with Crippen molar-refractivity contribution in [1.29, 1.82) is 0 Å². The summed E-state index contributed by atoms with van der Waals surface area (Å²) in [6.07, 6.45) is 0. The molecule has 2 aromatic rings. The fraction of sp³-hybridized carbons (Fsp3) is 0.417. The maximum Gasteiger partial charge on any atom is 0.220 e. The molecule has 0 bridgehead atoms. The van der Waals surface area contributed by atoms with Crippen molar-refractivity contribution in [1.82, 2.24) is 14.6 Å². The zero-order chi connectivity index (χ0) is 13.6. The molecule has 3 rings (SSSR count). The summed E-state index contributed by atoms with van der Waals surface area (Å²) in [5.74, 6) is 0.185. The number of piperazine rings is 1. The predicted molar refractivity (Wildman–Crippen MR) is 82.3 cm³/mol. The first-order valence-corrected chi connectivity index (χ1v) is 7.21. The molecule has 1 aliphatic rings. The largest absolute Gasteiger partial charge is 0.368 e. The number of hydrogen-bond donors (Lipinski definition) is 1. The van der Waals surface area contributed by atoms with Gasteiger partial charge in [0.25, 0.3) is 0 Å². The number of likely N-dealkylation sites (N-methyl/N-ethyl adjacent to an activating group) is 1. The number of nitrogens with zero attached hydrogens (tertiary/aromatic N) is 4. The molecule has 2 N–H and O–H groups in total. The van der Waals surface area contributed by atoms with Crippen molar-refractivity contribution in [2.75, 3.05) is 44.0 Å². The highest BCUT2D eigenvalue weighted by Gasteiger charge is 2.20. The minimum Gasteiger partial charge on any atom is -0.368 e. The molecule has 0 saturated carbocycles. The van der Waals surface area contributed by atoms with Gasteiger partial charge in [-0.1, -0.05) is 0 Å². The molecule has 0 unspecified atom stereocenters. The normalized spacial score (nSPS) is 17.3. The molecule has 5 nitrogen and oxygen atoms in total. The Morgan fingerprint density at radius 3 is 2.63 bits per heavy atom. The summed E-state index contributed by atoms with van der Waals surface area (Å²) in [5.41, 5.74) is 7.46. The van der Waals surface area contributed by atoms with Gasteiger partial charge in [0, 0.05) is 32.2 Å². The molecule has 0 radical (unpaired) electrons. The van der Waals surface area contributed by atoms with Crippen molar-refractivity contribution in [2.24, 2.45) is 0 Å². The Hall–Kier alpha value is -1.09. The number of halogens is 2. The van der Waals surface area contributed by atoms with Crippen LogP contribution in [-0.2, 0) is 0 Å². The fourth-order valence-electron chi connectivity index (χ4n) is 2.37. The second-order valence-electron chi connectivity index (χ2n) is 4.79. The van der Waals surface area contributed by atoms with Crippen LogP contribution in [0.25, 0.3) is 11.0 Å². The first kappa shape index (κ1) is 12.9. The highest BCUT2D eigenvalue weighted by molar-refractivity contribution is 14.1. The van der Waals surface area contributed by atoms with E-state index < -0.39 is 0 Å². The first-order chi connectivity index (χ1) is 9.06. The van der Waals surface area contributed by atoms with E-state index in [-0.39, 0.29) is 5.82 Å². The Kier molecular flexibility index (Phi) is 3.25. The SMILES string of the molecule is CN1CCN(n2c(N)nc3cc(I)c(F)cc32)CC1. The van der Waals surface area contributed by atoms with E-state index in [0.717, 1.165) is 37.2 Å². The maximum absolute atomic E-state index is 13.8. The topological polar surface area (TPSA) is 50.3 Å². The van der Waals surface area contributed by atoms with Gasteiger partial charge in [-0.25, -0.2) is 14.1 Å². The van der Waals surface area contributed by atoms with Crippen molar-refractivity contribution in [3.63, 3.8) is 0 Å². The van der Waals surface area contributed by atoms with Gasteiger partial charge in [-0.15, -0.1) is 0 Å². The van der Waals surface area contributed by atoms with Crippen molar-refractivity contribution in [2.45, 2.75) is 0 Å². The van der Waals surface area contributed by atoms with Crippen LogP contribution in [0, 0.1) is 9.39 Å². The Balaban J connectivity index is 2.07. The molecule has 1 fully saturated rings. The molecule has 2 heterocycles. The lowest BCUT2D eigenvalue weighted by Gasteiger charge is -2.35. The minimum atomic E-state index is -0.233. The summed E-state index contributed by atoms with van der Waals surface area (Å²) in [6, 6.07) is 3.24. The van der Waals surface area contributed by atoms with Crippen LogP contribution in [0.4, 0.5) is 10.3 Å². The third-order valence-electron chi connectivity index (χ3n) is 3.46. The summed E-state index contributed by atoms with van der Waals surface area (Å²) in [6.45, 7) is 3.65.